The highest BCUT2D eigenvalue weighted by atomic mass is 16.7. The van der Waals surface area contributed by atoms with Gasteiger partial charge in [0.25, 0.3) is 0 Å². The van der Waals surface area contributed by atoms with Gasteiger partial charge in [0.15, 0.2) is 11.5 Å². The van der Waals surface area contributed by atoms with E-state index in [1.165, 1.54) is 0 Å². The van der Waals surface area contributed by atoms with Crippen LogP contribution in [0, 0.1) is 0 Å². The molecule has 0 aliphatic carbocycles. The van der Waals surface area contributed by atoms with Crippen LogP contribution in [-0.2, 0) is 6.42 Å². The van der Waals surface area contributed by atoms with E-state index in [4.69, 9.17) is 15.2 Å². The molecule has 1 atom stereocenters. The van der Waals surface area contributed by atoms with Crippen molar-refractivity contribution in [2.45, 2.75) is 12.5 Å². The van der Waals surface area contributed by atoms with Gasteiger partial charge in [0, 0.05) is 6.54 Å². The van der Waals surface area contributed by atoms with E-state index in [0.717, 1.165) is 17.1 Å². The summed E-state index contributed by atoms with van der Waals surface area (Å²) in [6, 6.07) is 5.63. The minimum absolute atomic E-state index is 0.272. The maximum Gasteiger partial charge on any atom is 0.231 e. The van der Waals surface area contributed by atoms with Crippen molar-refractivity contribution >= 4 is 0 Å². The number of hydrogen-bond donors (Lipinski definition) is 2. The molecule has 76 valence electrons. The van der Waals surface area contributed by atoms with Crippen LogP contribution in [-0.4, -0.2) is 24.5 Å². The second-order valence-corrected chi connectivity index (χ2v) is 3.28. The minimum Gasteiger partial charge on any atom is -0.454 e. The highest BCUT2D eigenvalue weighted by molar-refractivity contribution is 5.44. The first-order chi connectivity index (χ1) is 6.79. The van der Waals surface area contributed by atoms with Gasteiger partial charge in [-0.1, -0.05) is 6.07 Å². The fourth-order valence-corrected chi connectivity index (χ4v) is 1.42. The van der Waals surface area contributed by atoms with Gasteiger partial charge in [0.2, 0.25) is 6.79 Å². The smallest absolute Gasteiger partial charge is 0.231 e. The van der Waals surface area contributed by atoms with E-state index < -0.39 is 6.10 Å². The van der Waals surface area contributed by atoms with Crippen molar-refractivity contribution in [3.05, 3.63) is 23.8 Å². The Balaban J connectivity index is 2.12. The summed E-state index contributed by atoms with van der Waals surface area (Å²) in [5, 5.41) is 9.36. The lowest BCUT2D eigenvalue weighted by molar-refractivity contribution is 0.173. The lowest BCUT2D eigenvalue weighted by Gasteiger charge is -2.07. The molecule has 1 aromatic carbocycles. The fraction of sp³-hybridized carbons (Fsp3) is 0.400. The third-order valence-corrected chi connectivity index (χ3v) is 2.18. The molecule has 4 nitrogen and oxygen atoms in total. The van der Waals surface area contributed by atoms with Crippen LogP contribution in [0.1, 0.15) is 5.56 Å². The monoisotopic (exact) mass is 195 g/mol. The van der Waals surface area contributed by atoms with Crippen molar-refractivity contribution in [2.24, 2.45) is 5.73 Å². The zero-order valence-electron chi connectivity index (χ0n) is 7.77. The van der Waals surface area contributed by atoms with Gasteiger partial charge in [-0.3, -0.25) is 0 Å². The molecule has 1 heterocycles. The average Bonchev–Trinajstić information content (AvgIpc) is 2.64. The molecule has 0 spiro atoms. The zero-order chi connectivity index (χ0) is 9.97. The fourth-order valence-electron chi connectivity index (χ4n) is 1.42. The van der Waals surface area contributed by atoms with Gasteiger partial charge < -0.3 is 20.3 Å². The molecule has 14 heavy (non-hydrogen) atoms. The van der Waals surface area contributed by atoms with Gasteiger partial charge >= 0.3 is 0 Å². The van der Waals surface area contributed by atoms with Crippen molar-refractivity contribution in [3.8, 4) is 11.5 Å². The van der Waals surface area contributed by atoms with Crippen LogP contribution in [0.4, 0.5) is 0 Å². The normalized spacial score (nSPS) is 15.6. The molecule has 0 aromatic heterocycles. The first-order valence-electron chi connectivity index (χ1n) is 4.56. The van der Waals surface area contributed by atoms with E-state index in [0.29, 0.717) is 6.42 Å². The number of hydrogen-bond acceptors (Lipinski definition) is 4. The van der Waals surface area contributed by atoms with Crippen LogP contribution in [0.3, 0.4) is 0 Å². The van der Waals surface area contributed by atoms with Crippen LogP contribution in [0.5, 0.6) is 11.5 Å². The summed E-state index contributed by atoms with van der Waals surface area (Å²) in [5.41, 5.74) is 6.33. The second kappa shape index (κ2) is 3.86. The van der Waals surface area contributed by atoms with Gasteiger partial charge in [0.1, 0.15) is 0 Å². The van der Waals surface area contributed by atoms with Gasteiger partial charge in [-0.05, 0) is 24.1 Å². The maximum atomic E-state index is 9.36. The summed E-state index contributed by atoms with van der Waals surface area (Å²) in [4.78, 5) is 0. The largest absolute Gasteiger partial charge is 0.454 e. The Hall–Kier alpha value is -1.26. The van der Waals surface area contributed by atoms with E-state index in [9.17, 15) is 5.11 Å². The molecule has 0 radical (unpaired) electrons. The van der Waals surface area contributed by atoms with E-state index in [2.05, 4.69) is 0 Å². The third-order valence-electron chi connectivity index (χ3n) is 2.18. The van der Waals surface area contributed by atoms with E-state index >= 15 is 0 Å². The zero-order valence-corrected chi connectivity index (χ0v) is 7.77. The lowest BCUT2D eigenvalue weighted by Crippen LogP contribution is -2.21. The Kier molecular flexibility index (Phi) is 2.56. The van der Waals surface area contributed by atoms with Crippen LogP contribution in [0.15, 0.2) is 18.2 Å². The predicted molar refractivity (Wildman–Crippen MR) is 51.3 cm³/mol. The summed E-state index contributed by atoms with van der Waals surface area (Å²) < 4.78 is 10.4. The molecule has 1 aliphatic rings. The Bertz CT molecular complexity index is 327. The predicted octanol–water partition coefficient (Wildman–Crippen LogP) is 0.277. The van der Waals surface area contributed by atoms with E-state index in [-0.39, 0.29) is 13.3 Å². The third kappa shape index (κ3) is 1.81. The topological polar surface area (TPSA) is 64.7 Å². The Morgan fingerprint density at radius 2 is 2.14 bits per heavy atom. The van der Waals surface area contributed by atoms with Crippen molar-refractivity contribution in [1.82, 2.24) is 0 Å². The summed E-state index contributed by atoms with van der Waals surface area (Å²) in [6.45, 7) is 0.548. The summed E-state index contributed by atoms with van der Waals surface area (Å²) in [5.74, 6) is 1.50. The summed E-state index contributed by atoms with van der Waals surface area (Å²) in [6.07, 6.45) is 0.0584. The Labute approximate surface area is 82.2 Å². The first-order valence-corrected chi connectivity index (χ1v) is 4.56. The molecule has 0 amide bonds. The number of benzene rings is 1. The molecule has 1 unspecified atom stereocenters. The van der Waals surface area contributed by atoms with Crippen LogP contribution in [0.2, 0.25) is 0 Å². The van der Waals surface area contributed by atoms with E-state index in [1.807, 2.05) is 18.2 Å². The molecule has 0 saturated carbocycles. The van der Waals surface area contributed by atoms with Crippen molar-refractivity contribution in [2.75, 3.05) is 13.3 Å². The molecule has 0 fully saturated rings. The highest BCUT2D eigenvalue weighted by Crippen LogP contribution is 2.32. The summed E-state index contributed by atoms with van der Waals surface area (Å²) in [7, 11) is 0. The van der Waals surface area contributed by atoms with E-state index in [1.54, 1.807) is 0 Å². The number of ether oxygens (including phenoxy) is 2. The first kappa shape index (κ1) is 9.30. The van der Waals surface area contributed by atoms with Crippen LogP contribution < -0.4 is 15.2 Å². The molecule has 4 heteroatoms. The lowest BCUT2D eigenvalue weighted by atomic mass is 10.1. The molecular formula is C10H13NO3. The van der Waals surface area contributed by atoms with Crippen LogP contribution >= 0.6 is 0 Å². The second-order valence-electron chi connectivity index (χ2n) is 3.28. The SMILES string of the molecule is NCC(O)Cc1ccc2c(c1)OCO2. The number of aliphatic hydroxyl groups is 1. The molecule has 2 rings (SSSR count). The minimum atomic E-state index is -0.490. The van der Waals surface area contributed by atoms with Gasteiger partial charge in [-0.2, -0.15) is 0 Å². The molecule has 3 N–H and O–H groups in total. The molecule has 1 aliphatic heterocycles. The highest BCUT2D eigenvalue weighted by Gasteiger charge is 2.14. The number of nitrogens with two attached hydrogens (primary N) is 1. The molecule has 0 saturated heterocycles. The number of rotatable bonds is 3. The van der Waals surface area contributed by atoms with Crippen molar-refractivity contribution in [3.63, 3.8) is 0 Å². The van der Waals surface area contributed by atoms with Gasteiger partial charge in [0.05, 0.1) is 6.10 Å². The van der Waals surface area contributed by atoms with Crippen molar-refractivity contribution < 1.29 is 14.6 Å². The average molecular weight is 195 g/mol. The summed E-state index contributed by atoms with van der Waals surface area (Å²) >= 11 is 0. The molecule has 0 bridgehead atoms. The number of aliphatic hydroxyl groups excluding tert-OH is 1. The van der Waals surface area contributed by atoms with Gasteiger partial charge in [-0.25, -0.2) is 0 Å². The van der Waals surface area contributed by atoms with Crippen molar-refractivity contribution in [1.29, 1.82) is 0 Å². The number of fused-ring (bicyclic) bond motifs is 1. The molecular weight excluding hydrogens is 182 g/mol. The quantitative estimate of drug-likeness (QED) is 0.727. The Morgan fingerprint density at radius 3 is 2.93 bits per heavy atom. The van der Waals surface area contributed by atoms with Gasteiger partial charge in [-0.15, -0.1) is 0 Å². The maximum absolute atomic E-state index is 9.36. The van der Waals surface area contributed by atoms with Crippen LogP contribution in [0.25, 0.3) is 0 Å². The molecule has 1 aromatic rings. The standard InChI is InChI=1S/C10H13NO3/c11-5-8(12)3-7-1-2-9-10(4-7)14-6-13-9/h1-2,4,8,12H,3,5-6,11H2. The Morgan fingerprint density at radius 1 is 1.36 bits per heavy atom.